The third-order valence-corrected chi connectivity index (χ3v) is 5.21. The molecule has 2 aromatic rings. The van der Waals surface area contributed by atoms with Gasteiger partial charge in [-0.2, -0.15) is 0 Å². The molecule has 0 unspecified atom stereocenters. The molecule has 0 fully saturated rings. The van der Waals surface area contributed by atoms with Crippen molar-refractivity contribution in [1.29, 1.82) is 0 Å². The summed E-state index contributed by atoms with van der Waals surface area (Å²) in [6.07, 6.45) is -0.533. The number of benzene rings is 2. The van der Waals surface area contributed by atoms with Crippen LogP contribution in [-0.2, 0) is 4.79 Å². The van der Waals surface area contributed by atoms with Crippen molar-refractivity contribution in [3.05, 3.63) is 58.6 Å². The molecule has 0 radical (unpaired) electrons. The molecule has 0 aliphatic heterocycles. The Bertz CT molecular complexity index is 731. The quantitative estimate of drug-likeness (QED) is 0.480. The van der Waals surface area contributed by atoms with Gasteiger partial charge in [-0.15, -0.1) is 11.8 Å². The lowest BCUT2D eigenvalue weighted by Crippen LogP contribution is -2.37. The van der Waals surface area contributed by atoms with Crippen LogP contribution in [0.5, 0.6) is 5.75 Å². The van der Waals surface area contributed by atoms with Crippen LogP contribution < -0.4 is 10.1 Å². The number of halogens is 1. The molecule has 0 saturated carbocycles. The maximum absolute atomic E-state index is 12.3. The van der Waals surface area contributed by atoms with Gasteiger partial charge >= 0.3 is 0 Å². The number of carbonyl (C=O) groups excluding carboxylic acids is 1. The molecule has 140 valence electrons. The molecule has 0 bridgehead atoms. The fourth-order valence-electron chi connectivity index (χ4n) is 2.48. The van der Waals surface area contributed by atoms with E-state index in [9.17, 15) is 4.79 Å². The summed E-state index contributed by atoms with van der Waals surface area (Å²) in [6, 6.07) is 13.8. The van der Waals surface area contributed by atoms with Gasteiger partial charge in [0, 0.05) is 22.2 Å². The van der Waals surface area contributed by atoms with Crippen LogP contribution in [0.25, 0.3) is 0 Å². The van der Waals surface area contributed by atoms with Gasteiger partial charge in [0.15, 0.2) is 6.10 Å². The molecule has 5 heteroatoms. The van der Waals surface area contributed by atoms with E-state index >= 15 is 0 Å². The maximum atomic E-state index is 12.3. The molecule has 1 amide bonds. The van der Waals surface area contributed by atoms with E-state index in [0.29, 0.717) is 12.5 Å². The number of aryl methyl sites for hydroxylation is 1. The SMILES string of the molecule is Cc1ccc(C(C)C)c(O[C@@H](C)C(=O)NCCSc2ccc(Cl)cc2)c1. The average Bonchev–Trinajstić information content (AvgIpc) is 2.59. The molecule has 1 atom stereocenters. The summed E-state index contributed by atoms with van der Waals surface area (Å²) in [5.74, 6) is 1.83. The number of nitrogens with one attached hydrogen (secondary N) is 1. The summed E-state index contributed by atoms with van der Waals surface area (Å²) in [4.78, 5) is 13.4. The van der Waals surface area contributed by atoms with Crippen LogP contribution in [0.1, 0.15) is 37.8 Å². The van der Waals surface area contributed by atoms with Crippen molar-refractivity contribution >= 4 is 29.3 Å². The van der Waals surface area contributed by atoms with Gasteiger partial charge in [0.05, 0.1) is 0 Å². The predicted octanol–water partition coefficient (Wildman–Crippen LogP) is 5.45. The number of rotatable bonds is 8. The van der Waals surface area contributed by atoms with E-state index in [1.807, 2.05) is 37.3 Å². The summed E-state index contributed by atoms with van der Waals surface area (Å²) < 4.78 is 5.94. The minimum atomic E-state index is -0.533. The van der Waals surface area contributed by atoms with E-state index < -0.39 is 6.10 Å². The van der Waals surface area contributed by atoms with Gasteiger partial charge in [-0.3, -0.25) is 4.79 Å². The van der Waals surface area contributed by atoms with Crippen molar-refractivity contribution < 1.29 is 9.53 Å². The fourth-order valence-corrected chi connectivity index (χ4v) is 3.38. The first-order chi connectivity index (χ1) is 12.4. The molecule has 0 aliphatic rings. The Morgan fingerprint density at radius 3 is 2.50 bits per heavy atom. The van der Waals surface area contributed by atoms with Gasteiger partial charge in [0.2, 0.25) is 0 Å². The highest BCUT2D eigenvalue weighted by molar-refractivity contribution is 7.99. The Kier molecular flexibility index (Phi) is 7.85. The van der Waals surface area contributed by atoms with Gasteiger partial charge in [-0.05, 0) is 61.2 Å². The molecule has 2 aromatic carbocycles. The highest BCUT2D eigenvalue weighted by Gasteiger charge is 2.17. The van der Waals surface area contributed by atoms with Crippen molar-refractivity contribution in [2.45, 2.75) is 44.6 Å². The average molecular weight is 392 g/mol. The topological polar surface area (TPSA) is 38.3 Å². The monoisotopic (exact) mass is 391 g/mol. The first kappa shape index (κ1) is 20.7. The molecule has 0 heterocycles. The van der Waals surface area contributed by atoms with Crippen molar-refractivity contribution in [2.24, 2.45) is 0 Å². The second-order valence-corrected chi connectivity index (χ2v) is 8.15. The number of hydrogen-bond donors (Lipinski definition) is 1. The minimum Gasteiger partial charge on any atom is -0.481 e. The first-order valence-corrected chi connectivity index (χ1v) is 10.2. The van der Waals surface area contributed by atoms with Crippen molar-refractivity contribution in [2.75, 3.05) is 12.3 Å². The molecular weight excluding hydrogens is 366 g/mol. The fraction of sp³-hybridized carbons (Fsp3) is 0.381. The standard InChI is InChI=1S/C21H26ClNO2S/c1-14(2)19-10-5-15(3)13-20(19)25-16(4)21(24)23-11-12-26-18-8-6-17(22)7-9-18/h5-10,13-14,16H,11-12H2,1-4H3,(H,23,24)/t16-/m0/s1. The molecule has 3 nitrogen and oxygen atoms in total. The van der Waals surface area contributed by atoms with E-state index in [1.165, 1.54) is 0 Å². The van der Waals surface area contributed by atoms with Crippen LogP contribution in [0.15, 0.2) is 47.4 Å². The second-order valence-electron chi connectivity index (χ2n) is 6.55. The van der Waals surface area contributed by atoms with Gasteiger partial charge in [-0.25, -0.2) is 0 Å². The largest absolute Gasteiger partial charge is 0.481 e. The van der Waals surface area contributed by atoms with E-state index in [2.05, 4.69) is 31.3 Å². The maximum Gasteiger partial charge on any atom is 0.260 e. The zero-order valence-corrected chi connectivity index (χ0v) is 17.3. The van der Waals surface area contributed by atoms with Crippen LogP contribution in [0.4, 0.5) is 0 Å². The summed E-state index contributed by atoms with van der Waals surface area (Å²) >= 11 is 7.56. The molecule has 0 aromatic heterocycles. The molecule has 0 aliphatic carbocycles. The zero-order chi connectivity index (χ0) is 19.1. The van der Waals surface area contributed by atoms with Crippen LogP contribution in [0.2, 0.25) is 5.02 Å². The van der Waals surface area contributed by atoms with E-state index in [4.69, 9.17) is 16.3 Å². The van der Waals surface area contributed by atoms with Crippen LogP contribution in [0.3, 0.4) is 0 Å². The van der Waals surface area contributed by atoms with Crippen LogP contribution >= 0.6 is 23.4 Å². The Hall–Kier alpha value is -1.65. The minimum absolute atomic E-state index is 0.0991. The highest BCUT2D eigenvalue weighted by Crippen LogP contribution is 2.28. The van der Waals surface area contributed by atoms with Crippen molar-refractivity contribution in [3.63, 3.8) is 0 Å². The van der Waals surface area contributed by atoms with Crippen molar-refractivity contribution in [3.8, 4) is 5.75 Å². The number of hydrogen-bond acceptors (Lipinski definition) is 3. The zero-order valence-electron chi connectivity index (χ0n) is 15.7. The summed E-state index contributed by atoms with van der Waals surface area (Å²) in [5.41, 5.74) is 2.24. The Balaban J connectivity index is 1.82. The summed E-state index contributed by atoms with van der Waals surface area (Å²) in [5, 5.41) is 3.66. The van der Waals surface area contributed by atoms with Gasteiger partial charge in [0.1, 0.15) is 5.75 Å². The third kappa shape index (κ3) is 6.26. The van der Waals surface area contributed by atoms with E-state index in [-0.39, 0.29) is 5.91 Å². The van der Waals surface area contributed by atoms with Gasteiger partial charge in [0.25, 0.3) is 5.91 Å². The smallest absolute Gasteiger partial charge is 0.260 e. The third-order valence-electron chi connectivity index (χ3n) is 3.95. The Morgan fingerprint density at radius 2 is 1.85 bits per heavy atom. The molecule has 26 heavy (non-hydrogen) atoms. The van der Waals surface area contributed by atoms with Crippen LogP contribution in [0, 0.1) is 6.92 Å². The molecule has 1 N–H and O–H groups in total. The number of ether oxygens (including phenoxy) is 1. The van der Waals surface area contributed by atoms with E-state index in [1.54, 1.807) is 18.7 Å². The number of carbonyl (C=O) groups is 1. The first-order valence-electron chi connectivity index (χ1n) is 8.80. The second kappa shape index (κ2) is 9.89. The van der Waals surface area contributed by atoms with Gasteiger partial charge in [-0.1, -0.05) is 37.6 Å². The lowest BCUT2D eigenvalue weighted by Gasteiger charge is -2.19. The normalized spacial score (nSPS) is 12.1. The van der Waals surface area contributed by atoms with E-state index in [0.717, 1.165) is 32.5 Å². The molecule has 0 saturated heterocycles. The molecule has 2 rings (SSSR count). The number of amides is 1. The lowest BCUT2D eigenvalue weighted by atomic mass is 10.0. The van der Waals surface area contributed by atoms with Gasteiger partial charge < -0.3 is 10.1 Å². The number of thioether (sulfide) groups is 1. The highest BCUT2D eigenvalue weighted by atomic mass is 35.5. The summed E-state index contributed by atoms with van der Waals surface area (Å²) in [6.45, 7) is 8.64. The lowest BCUT2D eigenvalue weighted by molar-refractivity contribution is -0.127. The Morgan fingerprint density at radius 1 is 1.15 bits per heavy atom. The molecule has 0 spiro atoms. The Labute approximate surface area is 165 Å². The van der Waals surface area contributed by atoms with Crippen molar-refractivity contribution in [1.82, 2.24) is 5.32 Å². The predicted molar refractivity (Wildman–Crippen MR) is 111 cm³/mol. The molecular formula is C21H26ClNO2S. The summed E-state index contributed by atoms with van der Waals surface area (Å²) in [7, 11) is 0. The van der Waals surface area contributed by atoms with Crippen LogP contribution in [-0.4, -0.2) is 24.3 Å².